The van der Waals surface area contributed by atoms with Gasteiger partial charge >= 0.3 is 0 Å². The molecule has 2 aromatic heterocycles. The van der Waals surface area contributed by atoms with Crippen molar-refractivity contribution in [1.29, 1.82) is 0 Å². The van der Waals surface area contributed by atoms with Gasteiger partial charge in [-0.2, -0.15) is 9.37 Å². The zero-order valence-corrected chi connectivity index (χ0v) is 29.9. The number of rotatable bonds is 8. The van der Waals surface area contributed by atoms with Gasteiger partial charge in [0.25, 0.3) is 5.88 Å². The molecule has 4 aliphatic carbocycles. The van der Waals surface area contributed by atoms with Gasteiger partial charge in [0.05, 0.1) is 17.0 Å². The van der Waals surface area contributed by atoms with Crippen LogP contribution in [0.25, 0.3) is 0 Å². The molecule has 0 radical (unpaired) electrons. The van der Waals surface area contributed by atoms with Crippen molar-refractivity contribution in [2.45, 2.75) is 39.0 Å². The summed E-state index contributed by atoms with van der Waals surface area (Å²) in [5, 5.41) is 4.28. The second-order valence-electron chi connectivity index (χ2n) is 15.2. The highest BCUT2D eigenvalue weighted by Crippen LogP contribution is 2.75. The van der Waals surface area contributed by atoms with Gasteiger partial charge in [-0.05, 0) is 73.6 Å². The highest BCUT2D eigenvalue weighted by atomic mass is 19.1. The van der Waals surface area contributed by atoms with Crippen molar-refractivity contribution in [3.05, 3.63) is 111 Å². The molecule has 0 N–H and O–H groups in total. The minimum Gasteiger partial charge on any atom is -0.484 e. The largest absolute Gasteiger partial charge is 0.484 e. The van der Waals surface area contributed by atoms with Gasteiger partial charge in [-0.25, -0.2) is 0 Å². The molecule has 52 heavy (non-hydrogen) atoms. The van der Waals surface area contributed by atoms with Crippen LogP contribution in [-0.4, -0.2) is 78.8 Å². The lowest BCUT2D eigenvalue weighted by Crippen LogP contribution is -2.47. The van der Waals surface area contributed by atoms with E-state index in [0.717, 1.165) is 29.8 Å². The number of aromatic nitrogens is 2. The molecule has 10 nitrogen and oxygen atoms in total. The topological polar surface area (TPSA) is 101 Å². The van der Waals surface area contributed by atoms with Crippen molar-refractivity contribution in [2.75, 3.05) is 52.2 Å². The Bertz CT molecular complexity index is 2110. The first-order valence-corrected chi connectivity index (χ1v) is 18.2. The lowest BCUT2D eigenvalue weighted by molar-refractivity contribution is 0.0516. The summed E-state index contributed by atoms with van der Waals surface area (Å²) in [6, 6.07) is 19.2. The van der Waals surface area contributed by atoms with E-state index >= 15 is 9.18 Å². The first-order chi connectivity index (χ1) is 25.2. The van der Waals surface area contributed by atoms with E-state index in [1.54, 1.807) is 0 Å². The fraction of sp³-hybridized carbons (Fsp3) is 0.415. The number of carbonyl (C=O) groups is 2. The van der Waals surface area contributed by atoms with Gasteiger partial charge in [0.1, 0.15) is 18.8 Å². The van der Waals surface area contributed by atoms with Crippen LogP contribution in [0.5, 0.6) is 11.6 Å². The zero-order chi connectivity index (χ0) is 35.9. The Hall–Kier alpha value is -4.87. The molecule has 1 saturated carbocycles. The van der Waals surface area contributed by atoms with Crippen LogP contribution in [0.4, 0.5) is 10.2 Å². The van der Waals surface area contributed by atoms with Crippen LogP contribution in [0.15, 0.2) is 76.3 Å². The molecule has 2 aromatic carbocycles. The number of halogens is 1. The standard InChI is InChI=1S/C41H42FN5O5/c1-23-32-29-26(20-28-33(45(2)3)35-31(37(49)41(23,28)32)40(44-52-35)51-22-25-13-9-6-10-14-25)19-27-30(34(29)48)36(50-21-24-11-7-5-8-12-24)39(43-38(27)42)47-17-15-46(4)16-18-47/h5-14,23,26,28,33H,15-22H2,1-4H3. The number of fused-ring (bicyclic) bond motifs is 3. The predicted molar refractivity (Wildman–Crippen MR) is 191 cm³/mol. The first kappa shape index (κ1) is 33.0. The van der Waals surface area contributed by atoms with Crippen molar-refractivity contribution in [3.8, 4) is 11.6 Å². The van der Waals surface area contributed by atoms with E-state index in [9.17, 15) is 4.79 Å². The van der Waals surface area contributed by atoms with Crippen LogP contribution in [0.3, 0.4) is 0 Å². The molecule has 9 rings (SSSR count). The molecule has 268 valence electrons. The summed E-state index contributed by atoms with van der Waals surface area (Å²) in [5.74, 6) is -0.313. The average Bonchev–Trinajstić information content (AvgIpc) is 3.55. The van der Waals surface area contributed by atoms with Gasteiger partial charge in [-0.3, -0.25) is 14.5 Å². The maximum Gasteiger partial charge on any atom is 0.265 e. The van der Waals surface area contributed by atoms with E-state index in [1.807, 2.05) is 86.6 Å². The van der Waals surface area contributed by atoms with Crippen LogP contribution < -0.4 is 14.4 Å². The van der Waals surface area contributed by atoms with Gasteiger partial charge in [0.15, 0.2) is 28.9 Å². The molecular formula is C41H42FN5O5. The number of hydrogen-bond acceptors (Lipinski definition) is 10. The quantitative estimate of drug-likeness (QED) is 0.206. The number of ketones is 2. The highest BCUT2D eigenvalue weighted by molar-refractivity contribution is 6.18. The summed E-state index contributed by atoms with van der Waals surface area (Å²) < 4.78 is 35.0. The maximum atomic E-state index is 16.3. The smallest absolute Gasteiger partial charge is 0.265 e. The summed E-state index contributed by atoms with van der Waals surface area (Å²) >= 11 is 0. The number of nitrogens with zero attached hydrogens (tertiary/aromatic N) is 5. The van der Waals surface area contributed by atoms with E-state index in [1.165, 1.54) is 0 Å². The van der Waals surface area contributed by atoms with Crippen LogP contribution in [-0.2, 0) is 19.6 Å². The third-order valence-corrected chi connectivity index (χ3v) is 12.2. The third-order valence-electron chi connectivity index (χ3n) is 12.2. The molecule has 1 spiro atoms. The van der Waals surface area contributed by atoms with Crippen LogP contribution in [0, 0.1) is 29.1 Å². The summed E-state index contributed by atoms with van der Waals surface area (Å²) in [6.07, 6.45) is 0.814. The van der Waals surface area contributed by atoms with Gasteiger partial charge in [0.2, 0.25) is 5.95 Å². The second-order valence-corrected chi connectivity index (χ2v) is 15.2. The van der Waals surface area contributed by atoms with Crippen molar-refractivity contribution in [1.82, 2.24) is 19.9 Å². The molecule has 0 bridgehead atoms. The monoisotopic (exact) mass is 703 g/mol. The fourth-order valence-electron chi connectivity index (χ4n) is 9.64. The first-order valence-electron chi connectivity index (χ1n) is 18.2. The summed E-state index contributed by atoms with van der Waals surface area (Å²) in [6.45, 7) is 5.31. The number of hydrogen-bond donors (Lipinski definition) is 0. The fourth-order valence-corrected chi connectivity index (χ4v) is 9.64. The normalized spacial score (nSPS) is 26.4. The van der Waals surface area contributed by atoms with Crippen molar-refractivity contribution in [3.63, 3.8) is 0 Å². The molecule has 2 fully saturated rings. The molecule has 5 unspecified atom stereocenters. The minimum absolute atomic E-state index is 0.110. The van der Waals surface area contributed by atoms with Gasteiger partial charge in [-0.1, -0.05) is 67.6 Å². The predicted octanol–water partition coefficient (Wildman–Crippen LogP) is 5.93. The third kappa shape index (κ3) is 4.89. The second kappa shape index (κ2) is 12.4. The van der Waals surface area contributed by atoms with Crippen molar-refractivity contribution < 1.29 is 28.0 Å². The number of carbonyl (C=O) groups excluding carboxylic acids is 2. The number of pyridine rings is 1. The Morgan fingerprint density at radius 3 is 2.25 bits per heavy atom. The van der Waals surface area contributed by atoms with E-state index in [2.05, 4.69) is 27.0 Å². The Kier molecular flexibility index (Phi) is 7.85. The van der Waals surface area contributed by atoms with Crippen LogP contribution in [0.2, 0.25) is 0 Å². The zero-order valence-electron chi connectivity index (χ0n) is 29.9. The Morgan fingerprint density at radius 2 is 1.60 bits per heavy atom. The van der Waals surface area contributed by atoms with Gasteiger partial charge in [-0.15, -0.1) is 0 Å². The van der Waals surface area contributed by atoms with Gasteiger partial charge < -0.3 is 23.8 Å². The number of ether oxygens (including phenoxy) is 2. The van der Waals surface area contributed by atoms with Crippen LogP contribution >= 0.6 is 0 Å². The van der Waals surface area contributed by atoms with E-state index in [0.29, 0.717) is 60.0 Å². The van der Waals surface area contributed by atoms with Gasteiger partial charge in [0, 0.05) is 37.3 Å². The molecule has 11 heteroatoms. The Morgan fingerprint density at radius 1 is 0.942 bits per heavy atom. The molecular weight excluding hydrogens is 661 g/mol. The molecule has 4 aromatic rings. The molecule has 1 saturated heterocycles. The number of likely N-dealkylation sites (N-methyl/N-ethyl adjacent to an activating group) is 1. The highest BCUT2D eigenvalue weighted by Gasteiger charge is 2.75. The van der Waals surface area contributed by atoms with Crippen molar-refractivity contribution in [2.24, 2.45) is 23.2 Å². The minimum atomic E-state index is -0.908. The number of piperazine rings is 1. The van der Waals surface area contributed by atoms with Crippen molar-refractivity contribution >= 4 is 17.4 Å². The lowest BCUT2D eigenvalue weighted by atomic mass is 9.60. The van der Waals surface area contributed by atoms with Crippen LogP contribution in [0.1, 0.15) is 62.6 Å². The molecule has 1 aliphatic heterocycles. The van der Waals surface area contributed by atoms with E-state index < -0.39 is 11.4 Å². The maximum absolute atomic E-state index is 16.3. The summed E-state index contributed by atoms with van der Waals surface area (Å²) in [7, 11) is 6.00. The number of allylic oxidation sites excluding steroid dienone is 2. The number of anilines is 1. The Labute approximate surface area is 302 Å². The van der Waals surface area contributed by atoms with E-state index in [4.69, 9.17) is 14.0 Å². The number of Topliss-reactive ketones (excluding diaryl/α,β-unsaturated/α-hetero) is 2. The molecule has 5 atom stereocenters. The molecule has 3 heterocycles. The molecule has 0 amide bonds. The summed E-state index contributed by atoms with van der Waals surface area (Å²) in [5.41, 5.74) is 3.35. The van der Waals surface area contributed by atoms with E-state index in [-0.39, 0.29) is 60.0 Å². The molecule has 5 aliphatic rings. The lowest BCUT2D eigenvalue weighted by Gasteiger charge is -2.44. The SMILES string of the molecule is CC1C2=C3C(=O)c4c(c(F)nc(N5CCN(C)CC5)c4OCc4ccccc4)CC3CC3C(N(C)C)c4onc(OCc5ccccc5)c4C(=O)C213. The Balaban J connectivity index is 1.15. The number of benzene rings is 2. The average molecular weight is 704 g/mol. The summed E-state index contributed by atoms with van der Waals surface area (Å²) in [4.78, 5) is 40.8.